The van der Waals surface area contributed by atoms with Crippen molar-refractivity contribution in [1.82, 2.24) is 4.90 Å². The second-order valence-corrected chi connectivity index (χ2v) is 8.56. The van der Waals surface area contributed by atoms with Crippen LogP contribution in [-0.4, -0.2) is 41.5 Å². The number of nitrogens with zero attached hydrogens (tertiary/aromatic N) is 1. The summed E-state index contributed by atoms with van der Waals surface area (Å²) in [5.74, 6) is -0.379. The molecular formula is C19H28BrN3O4. The molecule has 0 bridgehead atoms. The molecule has 0 radical (unpaired) electrons. The van der Waals surface area contributed by atoms with Gasteiger partial charge in [0.05, 0.1) is 5.41 Å². The summed E-state index contributed by atoms with van der Waals surface area (Å²) >= 11 is 3.52. The van der Waals surface area contributed by atoms with Crippen LogP contribution in [0.25, 0.3) is 0 Å². The summed E-state index contributed by atoms with van der Waals surface area (Å²) < 4.78 is 6.40. The van der Waals surface area contributed by atoms with Crippen LogP contribution in [0.3, 0.4) is 0 Å². The van der Waals surface area contributed by atoms with Crippen LogP contribution in [0.5, 0.6) is 0 Å². The third kappa shape index (κ3) is 6.23. The summed E-state index contributed by atoms with van der Waals surface area (Å²) in [5, 5.41) is 0. The highest BCUT2D eigenvalue weighted by Crippen LogP contribution is 2.39. The van der Waals surface area contributed by atoms with Gasteiger partial charge in [0.15, 0.2) is 0 Å². The van der Waals surface area contributed by atoms with Crippen molar-refractivity contribution in [3.63, 3.8) is 0 Å². The standard InChI is InChI=1S/C18H25BrN2O3.CH3NO/c1-12-9-18(15(20)22,10-13-7-5-6-8-14(13)19)11-21(12)16(23)24-17(2,3)4;2-1-3/h5-8,12H,9-11H2,1-4H3,(H2,20,22);1H,(H2,2,3). The number of benzene rings is 1. The van der Waals surface area contributed by atoms with E-state index in [-0.39, 0.29) is 24.9 Å². The first-order valence-corrected chi connectivity index (χ1v) is 9.43. The van der Waals surface area contributed by atoms with Gasteiger partial charge in [-0.2, -0.15) is 0 Å². The van der Waals surface area contributed by atoms with E-state index >= 15 is 0 Å². The third-order valence-electron chi connectivity index (χ3n) is 4.33. The largest absolute Gasteiger partial charge is 0.444 e. The minimum atomic E-state index is -0.778. The first-order chi connectivity index (χ1) is 12.5. The summed E-state index contributed by atoms with van der Waals surface area (Å²) in [7, 11) is 0. The normalized spacial score (nSPS) is 21.8. The Kier molecular flexibility index (Phi) is 7.83. The fourth-order valence-corrected chi connectivity index (χ4v) is 3.61. The Hall–Kier alpha value is -2.09. The van der Waals surface area contributed by atoms with E-state index in [1.807, 2.05) is 52.0 Å². The molecule has 0 aliphatic carbocycles. The highest BCUT2D eigenvalue weighted by Gasteiger charge is 2.49. The first kappa shape index (κ1) is 23.0. The predicted octanol–water partition coefficient (Wildman–Crippen LogP) is 2.59. The van der Waals surface area contributed by atoms with E-state index < -0.39 is 17.1 Å². The zero-order valence-electron chi connectivity index (χ0n) is 16.2. The van der Waals surface area contributed by atoms with Gasteiger partial charge in [-0.1, -0.05) is 34.1 Å². The minimum Gasteiger partial charge on any atom is -0.444 e. The van der Waals surface area contributed by atoms with Gasteiger partial charge in [0.25, 0.3) is 0 Å². The quantitative estimate of drug-likeness (QED) is 0.700. The molecular weight excluding hydrogens is 414 g/mol. The molecule has 2 rings (SSSR count). The average Bonchev–Trinajstić information content (AvgIpc) is 2.87. The van der Waals surface area contributed by atoms with Crippen LogP contribution in [0.4, 0.5) is 4.79 Å². The van der Waals surface area contributed by atoms with E-state index in [1.165, 1.54) is 0 Å². The lowest BCUT2D eigenvalue weighted by Gasteiger charge is -2.28. The van der Waals surface area contributed by atoms with E-state index in [0.29, 0.717) is 12.8 Å². The number of rotatable bonds is 3. The van der Waals surface area contributed by atoms with Gasteiger partial charge < -0.3 is 21.1 Å². The molecule has 8 heteroatoms. The van der Waals surface area contributed by atoms with E-state index in [9.17, 15) is 9.59 Å². The van der Waals surface area contributed by atoms with Crippen molar-refractivity contribution in [3.8, 4) is 0 Å². The molecule has 3 amide bonds. The summed E-state index contributed by atoms with van der Waals surface area (Å²) in [6, 6.07) is 7.66. The van der Waals surface area contributed by atoms with E-state index in [2.05, 4.69) is 21.7 Å². The lowest BCUT2D eigenvalue weighted by Crippen LogP contribution is -2.44. The number of primary amides is 2. The Morgan fingerprint density at radius 1 is 1.37 bits per heavy atom. The van der Waals surface area contributed by atoms with Crippen molar-refractivity contribution in [2.45, 2.75) is 52.2 Å². The number of amides is 3. The van der Waals surface area contributed by atoms with Crippen LogP contribution >= 0.6 is 15.9 Å². The Balaban J connectivity index is 0.00000114. The molecule has 0 saturated carbocycles. The van der Waals surface area contributed by atoms with Crippen molar-refractivity contribution in [1.29, 1.82) is 0 Å². The molecule has 1 aliphatic heterocycles. The highest BCUT2D eigenvalue weighted by atomic mass is 79.9. The predicted molar refractivity (Wildman–Crippen MR) is 107 cm³/mol. The number of halogens is 1. The number of carbonyl (C=O) groups excluding carboxylic acids is 3. The summed E-state index contributed by atoms with van der Waals surface area (Å²) in [5.41, 5.74) is 9.58. The number of nitrogens with two attached hydrogens (primary N) is 2. The average molecular weight is 442 g/mol. The molecule has 0 aromatic heterocycles. The van der Waals surface area contributed by atoms with Crippen LogP contribution < -0.4 is 11.5 Å². The molecule has 7 nitrogen and oxygen atoms in total. The van der Waals surface area contributed by atoms with Gasteiger partial charge in [-0.15, -0.1) is 0 Å². The van der Waals surface area contributed by atoms with Crippen molar-refractivity contribution in [2.24, 2.45) is 16.9 Å². The Labute approximate surface area is 168 Å². The van der Waals surface area contributed by atoms with Crippen LogP contribution in [0.1, 0.15) is 39.7 Å². The number of hydrogen-bond donors (Lipinski definition) is 2. The molecule has 1 aliphatic rings. The van der Waals surface area contributed by atoms with Gasteiger partial charge in [-0.25, -0.2) is 4.79 Å². The van der Waals surface area contributed by atoms with Crippen molar-refractivity contribution in [2.75, 3.05) is 6.54 Å². The van der Waals surface area contributed by atoms with Crippen molar-refractivity contribution < 1.29 is 19.1 Å². The molecule has 1 saturated heterocycles. The molecule has 4 N–H and O–H groups in total. The zero-order chi connectivity index (χ0) is 20.8. The molecule has 1 heterocycles. The van der Waals surface area contributed by atoms with Gasteiger partial charge >= 0.3 is 6.09 Å². The summed E-state index contributed by atoms with van der Waals surface area (Å²) in [4.78, 5) is 34.9. The molecule has 2 unspecified atom stereocenters. The van der Waals surface area contributed by atoms with Gasteiger partial charge in [0.1, 0.15) is 5.60 Å². The third-order valence-corrected chi connectivity index (χ3v) is 5.10. The minimum absolute atomic E-state index is 0.102. The van der Waals surface area contributed by atoms with Gasteiger partial charge in [-0.05, 0) is 52.2 Å². The van der Waals surface area contributed by atoms with Crippen LogP contribution in [-0.2, 0) is 20.7 Å². The fourth-order valence-electron chi connectivity index (χ4n) is 3.19. The summed E-state index contributed by atoms with van der Waals surface area (Å²) in [6.45, 7) is 7.69. The Morgan fingerprint density at radius 2 is 1.93 bits per heavy atom. The van der Waals surface area contributed by atoms with Crippen molar-refractivity contribution in [3.05, 3.63) is 34.3 Å². The topological polar surface area (TPSA) is 116 Å². The Bertz CT molecular complexity index is 690. The maximum Gasteiger partial charge on any atom is 0.410 e. The molecule has 1 fully saturated rings. The lowest BCUT2D eigenvalue weighted by atomic mass is 9.79. The molecule has 0 spiro atoms. The fraction of sp³-hybridized carbons (Fsp3) is 0.526. The van der Waals surface area contributed by atoms with Gasteiger partial charge in [0, 0.05) is 17.1 Å². The molecule has 2 atom stereocenters. The number of hydrogen-bond acceptors (Lipinski definition) is 4. The first-order valence-electron chi connectivity index (χ1n) is 8.64. The lowest BCUT2D eigenvalue weighted by molar-refractivity contribution is -0.127. The smallest absolute Gasteiger partial charge is 0.410 e. The summed E-state index contributed by atoms with van der Waals surface area (Å²) in [6.07, 6.45) is 0.876. The van der Waals surface area contributed by atoms with Gasteiger partial charge in [0.2, 0.25) is 12.3 Å². The molecule has 150 valence electrons. The monoisotopic (exact) mass is 441 g/mol. The number of ether oxygens (including phenoxy) is 1. The molecule has 1 aromatic rings. The number of carbonyl (C=O) groups is 3. The van der Waals surface area contributed by atoms with Gasteiger partial charge in [-0.3, -0.25) is 9.59 Å². The molecule has 27 heavy (non-hydrogen) atoms. The van der Waals surface area contributed by atoms with Crippen molar-refractivity contribution >= 4 is 34.3 Å². The van der Waals surface area contributed by atoms with Crippen LogP contribution in [0, 0.1) is 5.41 Å². The van der Waals surface area contributed by atoms with Crippen LogP contribution in [0.15, 0.2) is 28.7 Å². The van der Waals surface area contributed by atoms with E-state index in [4.69, 9.17) is 15.3 Å². The van der Waals surface area contributed by atoms with E-state index in [1.54, 1.807) is 4.90 Å². The van der Waals surface area contributed by atoms with Crippen LogP contribution in [0.2, 0.25) is 0 Å². The Morgan fingerprint density at radius 3 is 2.41 bits per heavy atom. The maximum atomic E-state index is 12.4. The zero-order valence-corrected chi connectivity index (χ0v) is 17.8. The second kappa shape index (κ2) is 9.21. The second-order valence-electron chi connectivity index (χ2n) is 7.71. The highest BCUT2D eigenvalue weighted by molar-refractivity contribution is 9.10. The SMILES string of the molecule is CC1CC(Cc2ccccc2Br)(C(N)=O)CN1C(=O)OC(C)(C)C.NC=O. The maximum absolute atomic E-state index is 12.4. The van der Waals surface area contributed by atoms with E-state index in [0.717, 1.165) is 10.0 Å². The number of likely N-dealkylation sites (tertiary alicyclic amines) is 1. The molecule has 1 aromatic carbocycles.